The minimum absolute atomic E-state index is 0.0394. The van der Waals surface area contributed by atoms with Crippen LogP contribution in [-0.4, -0.2) is 27.8 Å². The molecule has 2 aromatic heterocycles. The SMILES string of the molecule is CCC(c1cccnc1)N(C)C(=O)c1ccc(-c2nc(C)c(C)cc2C#N)cc1. The molecule has 1 aromatic carbocycles. The van der Waals surface area contributed by atoms with Gasteiger partial charge in [0.05, 0.1) is 17.3 Å². The molecule has 0 spiro atoms. The standard InChI is InChI=1S/C24H24N4O/c1-5-22(20-7-6-12-26-15-20)28(4)24(29)19-10-8-18(9-11-19)23-21(14-25)13-16(2)17(3)27-23/h6-13,15,22H,5H2,1-4H3. The molecule has 1 amide bonds. The van der Waals surface area contributed by atoms with Gasteiger partial charge in [0, 0.05) is 36.3 Å². The van der Waals surface area contributed by atoms with Crippen molar-refractivity contribution in [1.29, 1.82) is 5.26 Å². The van der Waals surface area contributed by atoms with Crippen molar-refractivity contribution in [3.8, 4) is 17.3 Å². The number of aromatic nitrogens is 2. The van der Waals surface area contributed by atoms with Gasteiger partial charge >= 0.3 is 0 Å². The summed E-state index contributed by atoms with van der Waals surface area (Å²) in [5, 5.41) is 9.45. The maximum absolute atomic E-state index is 13.0. The van der Waals surface area contributed by atoms with Crippen molar-refractivity contribution >= 4 is 5.91 Å². The first-order valence-corrected chi connectivity index (χ1v) is 9.62. The highest BCUT2D eigenvalue weighted by Gasteiger charge is 2.21. The first-order valence-electron chi connectivity index (χ1n) is 9.62. The summed E-state index contributed by atoms with van der Waals surface area (Å²) in [6, 6.07) is 15.2. The summed E-state index contributed by atoms with van der Waals surface area (Å²) in [5.41, 5.74) is 5.49. The Bertz CT molecular complexity index is 1050. The fourth-order valence-electron chi connectivity index (χ4n) is 3.43. The second-order valence-corrected chi connectivity index (χ2v) is 7.10. The van der Waals surface area contributed by atoms with Crippen LogP contribution in [0.2, 0.25) is 0 Å². The number of rotatable bonds is 5. The molecule has 0 N–H and O–H groups in total. The van der Waals surface area contributed by atoms with Gasteiger partial charge in [-0.3, -0.25) is 14.8 Å². The molecular formula is C24H24N4O. The largest absolute Gasteiger partial charge is 0.335 e. The van der Waals surface area contributed by atoms with Crippen molar-refractivity contribution in [3.05, 3.63) is 82.8 Å². The zero-order chi connectivity index (χ0) is 21.0. The Kier molecular flexibility index (Phi) is 6.04. The fourth-order valence-corrected chi connectivity index (χ4v) is 3.43. The summed E-state index contributed by atoms with van der Waals surface area (Å²) in [4.78, 5) is 23.5. The van der Waals surface area contributed by atoms with E-state index < -0.39 is 0 Å². The van der Waals surface area contributed by atoms with Gasteiger partial charge in [0.25, 0.3) is 5.91 Å². The number of carbonyl (C=O) groups is 1. The smallest absolute Gasteiger partial charge is 0.254 e. The van der Waals surface area contributed by atoms with Crippen LogP contribution >= 0.6 is 0 Å². The highest BCUT2D eigenvalue weighted by Crippen LogP contribution is 2.26. The zero-order valence-electron chi connectivity index (χ0n) is 17.2. The van der Waals surface area contributed by atoms with Crippen molar-refractivity contribution in [2.45, 2.75) is 33.2 Å². The molecule has 146 valence electrons. The summed E-state index contributed by atoms with van der Waals surface area (Å²) in [5.74, 6) is -0.0548. The second kappa shape index (κ2) is 8.66. The average Bonchev–Trinajstić information content (AvgIpc) is 2.76. The predicted octanol–water partition coefficient (Wildman–Crippen LogP) is 4.86. The average molecular weight is 384 g/mol. The number of amides is 1. The van der Waals surface area contributed by atoms with Gasteiger partial charge < -0.3 is 4.90 Å². The Labute approximate surface area is 171 Å². The summed E-state index contributed by atoms with van der Waals surface area (Å²) in [7, 11) is 1.82. The van der Waals surface area contributed by atoms with Crippen molar-refractivity contribution < 1.29 is 4.79 Å². The van der Waals surface area contributed by atoms with E-state index in [1.165, 1.54) is 0 Å². The highest BCUT2D eigenvalue weighted by atomic mass is 16.2. The van der Waals surface area contributed by atoms with Crippen LogP contribution in [0.4, 0.5) is 0 Å². The van der Waals surface area contributed by atoms with E-state index >= 15 is 0 Å². The lowest BCUT2D eigenvalue weighted by atomic mass is 10.0. The van der Waals surface area contributed by atoms with E-state index in [-0.39, 0.29) is 11.9 Å². The first kappa shape index (κ1) is 20.2. The van der Waals surface area contributed by atoms with E-state index in [4.69, 9.17) is 0 Å². The molecule has 5 heteroatoms. The molecule has 3 aromatic rings. The molecule has 0 saturated heterocycles. The molecule has 0 aliphatic heterocycles. The van der Waals surface area contributed by atoms with Gasteiger partial charge in [-0.1, -0.05) is 25.1 Å². The summed E-state index contributed by atoms with van der Waals surface area (Å²) in [6.07, 6.45) is 4.33. The fraction of sp³-hybridized carbons (Fsp3) is 0.250. The Balaban J connectivity index is 1.88. The summed E-state index contributed by atoms with van der Waals surface area (Å²) in [6.45, 7) is 5.92. The lowest BCUT2D eigenvalue weighted by molar-refractivity contribution is 0.0726. The topological polar surface area (TPSA) is 69.9 Å². The van der Waals surface area contributed by atoms with Crippen LogP contribution in [0, 0.1) is 25.2 Å². The Morgan fingerprint density at radius 2 is 1.93 bits per heavy atom. The number of hydrogen-bond acceptors (Lipinski definition) is 4. The lowest BCUT2D eigenvalue weighted by Crippen LogP contribution is -2.31. The van der Waals surface area contributed by atoms with Crippen LogP contribution < -0.4 is 0 Å². The maximum atomic E-state index is 13.0. The highest BCUT2D eigenvalue weighted by molar-refractivity contribution is 5.94. The molecule has 3 rings (SSSR count). The summed E-state index contributed by atoms with van der Waals surface area (Å²) >= 11 is 0. The predicted molar refractivity (Wildman–Crippen MR) is 113 cm³/mol. The van der Waals surface area contributed by atoms with Gasteiger partial charge in [0.2, 0.25) is 0 Å². The van der Waals surface area contributed by atoms with Crippen LogP contribution in [0.1, 0.15) is 52.1 Å². The van der Waals surface area contributed by atoms with Gasteiger partial charge in [-0.25, -0.2) is 0 Å². The Morgan fingerprint density at radius 1 is 1.21 bits per heavy atom. The molecule has 1 atom stereocenters. The van der Waals surface area contributed by atoms with E-state index in [2.05, 4.69) is 23.0 Å². The number of carbonyl (C=O) groups excluding carboxylic acids is 1. The lowest BCUT2D eigenvalue weighted by Gasteiger charge is -2.27. The second-order valence-electron chi connectivity index (χ2n) is 7.10. The zero-order valence-corrected chi connectivity index (χ0v) is 17.2. The van der Waals surface area contributed by atoms with Crippen molar-refractivity contribution in [2.75, 3.05) is 7.05 Å². The number of nitrogens with zero attached hydrogens (tertiary/aromatic N) is 4. The number of aryl methyl sites for hydroxylation is 2. The molecule has 0 fully saturated rings. The third kappa shape index (κ3) is 4.17. The first-order chi connectivity index (χ1) is 14.0. The van der Waals surface area contributed by atoms with Crippen LogP contribution in [0.25, 0.3) is 11.3 Å². The monoisotopic (exact) mass is 384 g/mol. The molecule has 2 heterocycles. The van der Waals surface area contributed by atoms with Crippen molar-refractivity contribution in [2.24, 2.45) is 0 Å². The van der Waals surface area contributed by atoms with Crippen LogP contribution in [-0.2, 0) is 0 Å². The minimum Gasteiger partial charge on any atom is -0.335 e. The van der Waals surface area contributed by atoms with Gasteiger partial charge in [0.1, 0.15) is 6.07 Å². The summed E-state index contributed by atoms with van der Waals surface area (Å²) < 4.78 is 0. The van der Waals surface area contributed by atoms with Crippen molar-refractivity contribution in [1.82, 2.24) is 14.9 Å². The molecule has 0 aliphatic rings. The molecule has 0 aliphatic carbocycles. The molecule has 5 nitrogen and oxygen atoms in total. The third-order valence-electron chi connectivity index (χ3n) is 5.24. The normalized spacial score (nSPS) is 11.6. The minimum atomic E-state index is -0.0548. The number of benzene rings is 1. The number of nitriles is 1. The Hall–Kier alpha value is -3.52. The van der Waals surface area contributed by atoms with Gasteiger partial charge in [-0.05, 0) is 55.7 Å². The van der Waals surface area contributed by atoms with Gasteiger partial charge in [0.15, 0.2) is 0 Å². The van der Waals surface area contributed by atoms with E-state index in [0.29, 0.717) is 16.8 Å². The van der Waals surface area contributed by atoms with Crippen molar-refractivity contribution in [3.63, 3.8) is 0 Å². The third-order valence-corrected chi connectivity index (χ3v) is 5.24. The quantitative estimate of drug-likeness (QED) is 0.630. The van der Waals surface area contributed by atoms with E-state index in [9.17, 15) is 10.1 Å². The van der Waals surface area contributed by atoms with E-state index in [1.54, 1.807) is 29.4 Å². The van der Waals surface area contributed by atoms with Crippen LogP contribution in [0.15, 0.2) is 54.9 Å². The molecule has 0 bridgehead atoms. The number of pyridine rings is 2. The van der Waals surface area contributed by atoms with E-state index in [0.717, 1.165) is 28.8 Å². The van der Waals surface area contributed by atoms with E-state index in [1.807, 2.05) is 51.2 Å². The molecule has 0 saturated carbocycles. The molecular weight excluding hydrogens is 360 g/mol. The molecule has 0 radical (unpaired) electrons. The molecule has 29 heavy (non-hydrogen) atoms. The molecule has 1 unspecified atom stereocenters. The van der Waals surface area contributed by atoms with Gasteiger partial charge in [-0.2, -0.15) is 5.26 Å². The maximum Gasteiger partial charge on any atom is 0.254 e. The van der Waals surface area contributed by atoms with Gasteiger partial charge in [-0.15, -0.1) is 0 Å². The van der Waals surface area contributed by atoms with Crippen LogP contribution in [0.5, 0.6) is 0 Å². The van der Waals surface area contributed by atoms with Crippen LogP contribution in [0.3, 0.4) is 0 Å². The number of hydrogen-bond donors (Lipinski definition) is 0. The Morgan fingerprint density at radius 3 is 2.52 bits per heavy atom.